The molecule has 0 atom stereocenters. The van der Waals surface area contributed by atoms with E-state index in [0.717, 1.165) is 0 Å². The van der Waals surface area contributed by atoms with Crippen LogP contribution in [-0.2, 0) is 0 Å². The zero-order valence-electron chi connectivity index (χ0n) is 2.06. The van der Waals surface area contributed by atoms with Gasteiger partial charge in [-0.1, -0.05) is 0 Å². The van der Waals surface area contributed by atoms with E-state index in [9.17, 15) is 0 Å². The van der Waals surface area contributed by atoms with Gasteiger partial charge in [-0.3, -0.25) is 0 Å². The number of urea groups is 1. The van der Waals surface area contributed by atoms with Crippen LogP contribution >= 0.6 is 0 Å². The van der Waals surface area contributed by atoms with Crippen molar-refractivity contribution in [1.82, 2.24) is 0 Å². The van der Waals surface area contributed by atoms with Crippen molar-refractivity contribution in [3.63, 3.8) is 0 Å². The van der Waals surface area contributed by atoms with E-state index in [1.807, 2.05) is 0 Å². The minimum absolute atomic E-state index is 0.833. The molecule has 0 heterocycles. The first kappa shape index (κ1) is 3.27. The Bertz CT molecular complexity index is 29.0. The number of carbonyl (C=O) groups is 1. The quantitative estimate of drug-likeness (QED) is 0.275. The molecular weight excluding hydrogens is 59.0 g/mol. The summed E-state index contributed by atoms with van der Waals surface area (Å²) in [7, 11) is 0. The van der Waals surface area contributed by atoms with Crippen molar-refractivity contribution < 1.29 is 4.79 Å². The van der Waals surface area contributed by atoms with E-state index < -0.39 is 6.03 Å². The van der Waals surface area contributed by atoms with Crippen molar-refractivity contribution in [3.8, 4) is 0 Å². The molecule has 0 rings (SSSR count). The Morgan fingerprint density at radius 3 is 1.50 bits per heavy atom. The highest BCUT2D eigenvalue weighted by Gasteiger charge is 1.60. The molecule has 0 unspecified atom stereocenters. The van der Waals surface area contributed by atoms with Gasteiger partial charge in [0.25, 0.3) is 0 Å². The molecule has 2 amide bonds. The third-order valence-electron chi connectivity index (χ3n) is 0. The van der Waals surface area contributed by atoms with Gasteiger partial charge < -0.3 is 11.5 Å². The van der Waals surface area contributed by atoms with E-state index in [1.165, 1.54) is 0 Å². The third kappa shape index (κ3) is 0.174. The second kappa shape index (κ2) is 0.711. The van der Waals surface area contributed by atoms with Crippen LogP contribution < -0.4 is 11.5 Å². The summed E-state index contributed by atoms with van der Waals surface area (Å²) in [5, 5.41) is 0. The summed E-state index contributed by atoms with van der Waals surface area (Å²) in [6.07, 6.45) is 0. The molecular formula is CH4N2O. The zero-order chi connectivity index (χ0) is 3.58. The second-order valence-corrected chi connectivity index (χ2v) is 0.402. The van der Waals surface area contributed by atoms with Gasteiger partial charge in [-0.05, 0) is 0 Å². The number of amides is 2. The lowest BCUT2D eigenvalue weighted by Crippen LogP contribution is -2.18. The van der Waals surface area contributed by atoms with Crippen LogP contribution in [0.4, 0.5) is 4.79 Å². The molecule has 0 saturated heterocycles. The molecule has 0 aromatic heterocycles. The molecule has 0 aromatic rings. The van der Waals surface area contributed by atoms with E-state index in [1.54, 1.807) is 0 Å². The van der Waals surface area contributed by atoms with Crippen molar-refractivity contribution in [1.29, 1.82) is 0 Å². The zero-order valence-corrected chi connectivity index (χ0v) is 2.06. The molecule has 4 N–H and O–H groups in total. The Balaban J connectivity index is 2.80. The summed E-state index contributed by atoms with van der Waals surface area (Å²) in [6, 6.07) is -0.833. The minimum Gasteiger partial charge on any atom is -0.352 e. The van der Waals surface area contributed by atoms with Gasteiger partial charge in [-0.2, -0.15) is 0 Å². The largest absolute Gasteiger partial charge is 0.352 e. The number of rotatable bonds is 0. The van der Waals surface area contributed by atoms with Crippen LogP contribution in [0.2, 0.25) is 0 Å². The molecule has 0 aliphatic carbocycles. The van der Waals surface area contributed by atoms with Crippen LogP contribution in [-0.4, -0.2) is 6.03 Å². The molecule has 24 valence electrons. The van der Waals surface area contributed by atoms with Crippen LogP contribution in [0.15, 0.2) is 0 Å². The van der Waals surface area contributed by atoms with Crippen LogP contribution in [0, 0.1) is 0 Å². The van der Waals surface area contributed by atoms with Crippen molar-refractivity contribution >= 4 is 6.03 Å². The van der Waals surface area contributed by atoms with Crippen LogP contribution in [0.5, 0.6) is 0 Å². The van der Waals surface area contributed by atoms with Gasteiger partial charge >= 0.3 is 6.03 Å². The maximum absolute atomic E-state index is 9.00. The Morgan fingerprint density at radius 1 is 1.50 bits per heavy atom. The summed E-state index contributed by atoms with van der Waals surface area (Å²) in [6.45, 7) is 0. The van der Waals surface area contributed by atoms with Gasteiger partial charge in [-0.25, -0.2) is 4.79 Å². The molecule has 0 aromatic carbocycles. The Labute approximate surface area is 23.6 Å². The predicted molar refractivity (Wildman–Crippen MR) is 13.8 cm³/mol. The molecule has 0 radical (unpaired) electrons. The van der Waals surface area contributed by atoms with Gasteiger partial charge in [0.15, 0.2) is 0 Å². The maximum Gasteiger partial charge on any atom is 0.309 e. The van der Waals surface area contributed by atoms with E-state index in [-0.39, 0.29) is 0 Å². The molecule has 0 aliphatic heterocycles. The molecule has 0 bridgehead atoms. The Hall–Kier alpha value is -0.730. The Morgan fingerprint density at radius 2 is 1.50 bits per heavy atom. The van der Waals surface area contributed by atoms with E-state index in [0.29, 0.717) is 0 Å². The van der Waals surface area contributed by atoms with Crippen LogP contribution in [0.25, 0.3) is 0 Å². The highest BCUT2D eigenvalue weighted by atomic mass is 16.3. The number of primary amides is 2. The van der Waals surface area contributed by atoms with Crippen molar-refractivity contribution in [2.75, 3.05) is 0 Å². The Kier molecular flexibility index (Phi) is 0.581. The van der Waals surface area contributed by atoms with Gasteiger partial charge in [0.2, 0.25) is 0 Å². The normalized spacial score (nSPS) is 6.00. The van der Waals surface area contributed by atoms with E-state index in [4.69, 9.17) is 4.79 Å². The van der Waals surface area contributed by atoms with Gasteiger partial charge in [0, 0.05) is 0 Å². The highest BCUT2D eigenvalue weighted by molar-refractivity contribution is 5.69. The smallest absolute Gasteiger partial charge is 0.309 e. The SMILES string of the molecule is [15NH2][13C]([15NH2])=O. The summed E-state index contributed by atoms with van der Waals surface area (Å²) < 4.78 is 0. The highest BCUT2D eigenvalue weighted by Crippen LogP contribution is 1.25. The second-order valence-electron chi connectivity index (χ2n) is 0.402. The first-order valence-electron chi connectivity index (χ1n) is 0.781. The fraction of sp³-hybridized carbons (Fsp3) is 0. The molecule has 0 spiro atoms. The maximum atomic E-state index is 9.00. The van der Waals surface area contributed by atoms with Gasteiger partial charge in [0.1, 0.15) is 0 Å². The molecule has 0 saturated carbocycles. The van der Waals surface area contributed by atoms with Crippen LogP contribution in [0.1, 0.15) is 0 Å². The monoisotopic (exact) mass is 63.0 g/mol. The standard InChI is InChI=1S/CH4N2O/c2-1(3)4/h(H4,2,3,4)/i1+1,2+1,3+1. The number of carbonyl (C=O) groups excluding carboxylic acids is 1. The van der Waals surface area contributed by atoms with Crippen molar-refractivity contribution in [2.24, 2.45) is 11.5 Å². The molecule has 0 fully saturated rings. The first-order chi connectivity index (χ1) is 1.73. The van der Waals surface area contributed by atoms with Gasteiger partial charge in [-0.15, -0.1) is 0 Å². The van der Waals surface area contributed by atoms with Crippen molar-refractivity contribution in [3.05, 3.63) is 0 Å². The number of nitrogens with two attached hydrogens (primary N) is 2. The van der Waals surface area contributed by atoms with E-state index in [2.05, 4.69) is 11.5 Å². The van der Waals surface area contributed by atoms with Crippen LogP contribution in [0.3, 0.4) is 0 Å². The summed E-state index contributed by atoms with van der Waals surface area (Å²) >= 11 is 0. The minimum atomic E-state index is -0.833. The number of hydrogen-bond acceptors (Lipinski definition) is 1. The lowest BCUT2D eigenvalue weighted by atomic mass is 12.2. The molecule has 0 aliphatic rings. The first-order valence-corrected chi connectivity index (χ1v) is 0.781. The lowest BCUT2D eigenvalue weighted by Gasteiger charge is -1.62. The summed E-state index contributed by atoms with van der Waals surface area (Å²) in [4.78, 5) is 9.00. The molecule has 3 heteroatoms. The van der Waals surface area contributed by atoms with Gasteiger partial charge in [0.05, 0.1) is 0 Å². The third-order valence-corrected chi connectivity index (χ3v) is 0. The van der Waals surface area contributed by atoms with Crippen molar-refractivity contribution in [2.45, 2.75) is 0 Å². The molecule has 4 heavy (non-hydrogen) atoms. The fourth-order valence-electron chi connectivity index (χ4n) is 0. The summed E-state index contributed by atoms with van der Waals surface area (Å²) in [5.41, 5.74) is 8.50. The topological polar surface area (TPSA) is 69.1 Å². The lowest BCUT2D eigenvalue weighted by molar-refractivity contribution is 0.256. The average Bonchev–Trinajstić information content (AvgIpc) is 0.811. The molecule has 3 nitrogen and oxygen atoms in total. The fourth-order valence-corrected chi connectivity index (χ4v) is 0. The number of hydrogen-bond donors (Lipinski definition) is 2. The summed E-state index contributed by atoms with van der Waals surface area (Å²) in [5.74, 6) is 0. The predicted octanol–water partition coefficient (Wildman–Crippen LogP) is -0.976. The average molecular weight is 63.0 g/mol. The van der Waals surface area contributed by atoms with E-state index >= 15 is 0 Å².